The molecule has 2 heterocycles. The zero-order chi connectivity index (χ0) is 23.5. The minimum atomic E-state index is -0.697. The van der Waals surface area contributed by atoms with Crippen molar-refractivity contribution in [2.45, 2.75) is 32.2 Å². The number of benzene rings is 2. The Kier molecular flexibility index (Phi) is 6.70. The highest BCUT2D eigenvalue weighted by atomic mass is 16.6. The van der Waals surface area contributed by atoms with Crippen LogP contribution in [0.5, 0.6) is 11.5 Å². The number of carbonyl (C=O) groups is 2. The molecule has 2 aromatic carbocycles. The third-order valence-corrected chi connectivity index (χ3v) is 6.02. The molecule has 0 aromatic heterocycles. The van der Waals surface area contributed by atoms with Gasteiger partial charge in [-0.1, -0.05) is 38.1 Å². The van der Waals surface area contributed by atoms with E-state index in [0.29, 0.717) is 55.8 Å². The van der Waals surface area contributed by atoms with Crippen LogP contribution in [0.3, 0.4) is 0 Å². The number of amides is 1. The molecule has 1 saturated heterocycles. The molecule has 7 nitrogen and oxygen atoms in total. The number of aliphatic hydroxyl groups is 1. The van der Waals surface area contributed by atoms with Gasteiger partial charge in [0.2, 0.25) is 0 Å². The molecule has 0 bridgehead atoms. The number of aliphatic hydroxyl groups excluding tert-OH is 1. The Bertz CT molecular complexity index is 1070. The van der Waals surface area contributed by atoms with E-state index in [-0.39, 0.29) is 11.3 Å². The molecule has 33 heavy (non-hydrogen) atoms. The van der Waals surface area contributed by atoms with Crippen LogP contribution < -0.4 is 9.47 Å². The van der Waals surface area contributed by atoms with Gasteiger partial charge in [0.15, 0.2) is 11.5 Å². The molecule has 0 spiro atoms. The third-order valence-electron chi connectivity index (χ3n) is 6.02. The lowest BCUT2D eigenvalue weighted by Gasteiger charge is -2.26. The van der Waals surface area contributed by atoms with Gasteiger partial charge in [-0.15, -0.1) is 0 Å². The van der Waals surface area contributed by atoms with E-state index in [1.807, 2.05) is 24.3 Å². The van der Waals surface area contributed by atoms with Crippen LogP contribution in [-0.4, -0.2) is 55.2 Å². The van der Waals surface area contributed by atoms with E-state index >= 15 is 0 Å². The summed E-state index contributed by atoms with van der Waals surface area (Å²) < 4.78 is 16.3. The fourth-order valence-electron chi connectivity index (χ4n) is 4.25. The SMILES string of the molecule is COCCCN1C(=O)C(=O)/C(=C(/O)c2ccc3c(c2)OCCO3)C1c1ccc(C(C)C)cc1. The molecule has 1 fully saturated rings. The average Bonchev–Trinajstić information content (AvgIpc) is 3.08. The number of hydrogen-bond acceptors (Lipinski definition) is 6. The largest absolute Gasteiger partial charge is 0.507 e. The Morgan fingerprint density at radius 3 is 2.45 bits per heavy atom. The average molecular weight is 452 g/mol. The highest BCUT2D eigenvalue weighted by Gasteiger charge is 2.45. The van der Waals surface area contributed by atoms with E-state index in [0.717, 1.165) is 11.1 Å². The fourth-order valence-corrected chi connectivity index (χ4v) is 4.25. The molecule has 0 aliphatic carbocycles. The maximum atomic E-state index is 13.1. The summed E-state index contributed by atoms with van der Waals surface area (Å²) in [5, 5.41) is 11.2. The van der Waals surface area contributed by atoms with E-state index in [1.165, 1.54) is 4.90 Å². The van der Waals surface area contributed by atoms with Crippen LogP contribution >= 0.6 is 0 Å². The molecule has 1 unspecified atom stereocenters. The van der Waals surface area contributed by atoms with Crippen LogP contribution in [0, 0.1) is 0 Å². The number of rotatable bonds is 7. The number of carbonyl (C=O) groups excluding carboxylic acids is 2. The monoisotopic (exact) mass is 451 g/mol. The molecule has 2 aromatic rings. The van der Waals surface area contributed by atoms with Crippen LogP contribution in [0.1, 0.15) is 48.9 Å². The number of nitrogens with zero attached hydrogens (tertiary/aromatic N) is 1. The van der Waals surface area contributed by atoms with E-state index in [4.69, 9.17) is 14.2 Å². The predicted octanol–water partition coefficient (Wildman–Crippen LogP) is 4.04. The van der Waals surface area contributed by atoms with Crippen molar-refractivity contribution in [2.24, 2.45) is 0 Å². The number of hydrogen-bond donors (Lipinski definition) is 1. The molecule has 0 radical (unpaired) electrons. The predicted molar refractivity (Wildman–Crippen MR) is 123 cm³/mol. The van der Waals surface area contributed by atoms with Crippen molar-refractivity contribution in [1.29, 1.82) is 0 Å². The van der Waals surface area contributed by atoms with Gasteiger partial charge in [0.05, 0.1) is 11.6 Å². The van der Waals surface area contributed by atoms with Crippen molar-refractivity contribution in [3.8, 4) is 11.5 Å². The standard InChI is InChI=1S/C26H29NO6/c1-16(2)17-5-7-18(8-6-17)23-22(25(29)26(30)27(23)11-4-12-31-3)24(28)19-9-10-20-21(15-19)33-14-13-32-20/h5-10,15-16,23,28H,4,11-14H2,1-3H3/b24-22+. The molecular weight excluding hydrogens is 422 g/mol. The fraction of sp³-hybridized carbons (Fsp3) is 0.385. The number of fused-ring (bicyclic) bond motifs is 1. The summed E-state index contributed by atoms with van der Waals surface area (Å²) in [6.45, 7) is 5.87. The van der Waals surface area contributed by atoms with Gasteiger partial charge in [-0.2, -0.15) is 0 Å². The lowest BCUT2D eigenvalue weighted by atomic mass is 9.93. The van der Waals surface area contributed by atoms with Crippen LogP contribution in [0.25, 0.3) is 5.76 Å². The summed E-state index contributed by atoms with van der Waals surface area (Å²) in [6.07, 6.45) is 0.578. The maximum Gasteiger partial charge on any atom is 0.295 e. The van der Waals surface area contributed by atoms with Gasteiger partial charge in [-0.3, -0.25) is 9.59 Å². The Morgan fingerprint density at radius 2 is 1.79 bits per heavy atom. The first-order chi connectivity index (χ1) is 15.9. The Morgan fingerprint density at radius 1 is 1.09 bits per heavy atom. The van der Waals surface area contributed by atoms with Gasteiger partial charge in [-0.05, 0) is 41.7 Å². The smallest absolute Gasteiger partial charge is 0.295 e. The molecule has 2 aliphatic heterocycles. The highest BCUT2D eigenvalue weighted by molar-refractivity contribution is 6.46. The number of ether oxygens (including phenoxy) is 3. The van der Waals surface area contributed by atoms with E-state index < -0.39 is 17.7 Å². The summed E-state index contributed by atoms with van der Waals surface area (Å²) in [6, 6.07) is 12.2. The summed E-state index contributed by atoms with van der Waals surface area (Å²) in [4.78, 5) is 27.6. The van der Waals surface area contributed by atoms with Crippen molar-refractivity contribution in [2.75, 3.05) is 33.5 Å². The molecule has 1 atom stereocenters. The van der Waals surface area contributed by atoms with Crippen LogP contribution in [-0.2, 0) is 14.3 Å². The lowest BCUT2D eigenvalue weighted by Crippen LogP contribution is -2.31. The van der Waals surface area contributed by atoms with Gasteiger partial charge in [0, 0.05) is 25.8 Å². The maximum absolute atomic E-state index is 13.1. The zero-order valence-corrected chi connectivity index (χ0v) is 19.2. The normalized spacial score (nSPS) is 19.4. The number of ketones is 1. The second-order valence-corrected chi connectivity index (χ2v) is 8.52. The molecule has 7 heteroatoms. The lowest BCUT2D eigenvalue weighted by molar-refractivity contribution is -0.140. The molecule has 174 valence electrons. The van der Waals surface area contributed by atoms with Crippen LogP contribution in [0.15, 0.2) is 48.0 Å². The topological polar surface area (TPSA) is 85.3 Å². The molecule has 1 amide bonds. The van der Waals surface area contributed by atoms with Crippen LogP contribution in [0.2, 0.25) is 0 Å². The minimum Gasteiger partial charge on any atom is -0.507 e. The third kappa shape index (κ3) is 4.46. The molecule has 4 rings (SSSR count). The summed E-state index contributed by atoms with van der Waals surface area (Å²) in [5.74, 6) is -0.112. The van der Waals surface area contributed by atoms with Crippen molar-refractivity contribution >= 4 is 17.4 Å². The number of likely N-dealkylation sites (tertiary alicyclic amines) is 1. The van der Waals surface area contributed by atoms with E-state index in [2.05, 4.69) is 13.8 Å². The van der Waals surface area contributed by atoms with Gasteiger partial charge in [0.25, 0.3) is 11.7 Å². The number of Topliss-reactive ketones (excluding diaryl/α,β-unsaturated/α-hetero) is 1. The molecule has 0 saturated carbocycles. The Labute approximate surface area is 193 Å². The summed E-state index contributed by atoms with van der Waals surface area (Å²) in [7, 11) is 1.60. The first-order valence-electron chi connectivity index (χ1n) is 11.2. The molecule has 1 N–H and O–H groups in total. The van der Waals surface area contributed by atoms with Crippen LogP contribution in [0.4, 0.5) is 0 Å². The van der Waals surface area contributed by atoms with Crippen molar-refractivity contribution in [1.82, 2.24) is 4.90 Å². The van der Waals surface area contributed by atoms with Crippen molar-refractivity contribution in [3.63, 3.8) is 0 Å². The molecule has 2 aliphatic rings. The second-order valence-electron chi connectivity index (χ2n) is 8.52. The second kappa shape index (κ2) is 9.67. The van der Waals surface area contributed by atoms with Gasteiger partial charge in [-0.25, -0.2) is 0 Å². The Hall–Kier alpha value is -3.32. The summed E-state index contributed by atoms with van der Waals surface area (Å²) in [5.41, 5.74) is 2.40. The first kappa shape index (κ1) is 22.9. The quantitative estimate of drug-likeness (QED) is 0.296. The minimum absolute atomic E-state index is 0.0754. The molecular formula is C26H29NO6. The van der Waals surface area contributed by atoms with Gasteiger partial charge < -0.3 is 24.2 Å². The van der Waals surface area contributed by atoms with E-state index in [1.54, 1.807) is 25.3 Å². The van der Waals surface area contributed by atoms with E-state index in [9.17, 15) is 14.7 Å². The Balaban J connectivity index is 1.79. The van der Waals surface area contributed by atoms with Crippen molar-refractivity contribution < 1.29 is 28.9 Å². The summed E-state index contributed by atoms with van der Waals surface area (Å²) >= 11 is 0. The zero-order valence-electron chi connectivity index (χ0n) is 19.2. The van der Waals surface area contributed by atoms with Gasteiger partial charge >= 0.3 is 0 Å². The first-order valence-corrected chi connectivity index (χ1v) is 11.2. The van der Waals surface area contributed by atoms with Gasteiger partial charge in [0.1, 0.15) is 19.0 Å². The highest BCUT2D eigenvalue weighted by Crippen LogP contribution is 2.41. The van der Waals surface area contributed by atoms with Crippen molar-refractivity contribution in [3.05, 3.63) is 64.7 Å². The number of methoxy groups -OCH3 is 1.